The maximum absolute atomic E-state index is 10.5. The minimum Gasteiger partial charge on any atom is -0.481 e. The van der Waals surface area contributed by atoms with Crippen molar-refractivity contribution in [2.24, 2.45) is 5.92 Å². The SMILES string of the molecule is Cc1ccsc1SCC(C)C(=O)O. The predicted molar refractivity (Wildman–Crippen MR) is 56.6 cm³/mol. The second-order valence-electron chi connectivity index (χ2n) is 2.94. The Morgan fingerprint density at radius 1 is 1.77 bits per heavy atom. The zero-order valence-electron chi connectivity index (χ0n) is 7.61. The number of rotatable bonds is 4. The van der Waals surface area contributed by atoms with E-state index in [2.05, 4.69) is 6.07 Å². The van der Waals surface area contributed by atoms with Gasteiger partial charge >= 0.3 is 5.97 Å². The van der Waals surface area contributed by atoms with E-state index in [0.717, 1.165) is 0 Å². The van der Waals surface area contributed by atoms with E-state index in [9.17, 15) is 4.79 Å². The normalized spacial score (nSPS) is 12.8. The highest BCUT2D eigenvalue weighted by atomic mass is 32.2. The molecule has 1 N–H and O–H groups in total. The van der Waals surface area contributed by atoms with Gasteiger partial charge in [-0.2, -0.15) is 0 Å². The van der Waals surface area contributed by atoms with Crippen LogP contribution in [-0.4, -0.2) is 16.8 Å². The molecule has 0 saturated carbocycles. The van der Waals surface area contributed by atoms with Crippen molar-refractivity contribution in [1.82, 2.24) is 0 Å². The Labute approximate surface area is 86.0 Å². The van der Waals surface area contributed by atoms with Crippen molar-refractivity contribution in [1.29, 1.82) is 0 Å². The number of carbonyl (C=O) groups is 1. The molecule has 0 amide bonds. The third kappa shape index (κ3) is 3.04. The Kier molecular flexibility index (Phi) is 3.81. The van der Waals surface area contributed by atoms with E-state index in [0.29, 0.717) is 5.75 Å². The Bertz CT molecular complexity index is 294. The number of thioether (sulfide) groups is 1. The molecule has 0 aliphatic rings. The minimum atomic E-state index is -0.721. The first-order valence-electron chi connectivity index (χ1n) is 4.01. The van der Waals surface area contributed by atoms with E-state index in [1.807, 2.05) is 12.3 Å². The van der Waals surface area contributed by atoms with Gasteiger partial charge in [-0.25, -0.2) is 0 Å². The summed E-state index contributed by atoms with van der Waals surface area (Å²) in [7, 11) is 0. The van der Waals surface area contributed by atoms with Crippen molar-refractivity contribution in [3.8, 4) is 0 Å². The van der Waals surface area contributed by atoms with E-state index in [-0.39, 0.29) is 5.92 Å². The molecule has 1 heterocycles. The van der Waals surface area contributed by atoms with Crippen molar-refractivity contribution < 1.29 is 9.90 Å². The fourth-order valence-corrected chi connectivity index (χ4v) is 2.91. The topological polar surface area (TPSA) is 37.3 Å². The molecular weight excluding hydrogens is 204 g/mol. The lowest BCUT2D eigenvalue weighted by atomic mass is 10.2. The number of thiophene rings is 1. The average Bonchev–Trinajstić information content (AvgIpc) is 2.47. The Hall–Kier alpha value is -0.480. The Morgan fingerprint density at radius 2 is 2.46 bits per heavy atom. The van der Waals surface area contributed by atoms with Gasteiger partial charge in [-0.15, -0.1) is 23.1 Å². The van der Waals surface area contributed by atoms with E-state index in [4.69, 9.17) is 5.11 Å². The summed E-state index contributed by atoms with van der Waals surface area (Å²) in [5.74, 6) is -0.343. The van der Waals surface area contributed by atoms with Gasteiger partial charge in [0, 0.05) is 5.75 Å². The summed E-state index contributed by atoms with van der Waals surface area (Å²) in [6.45, 7) is 3.78. The Balaban J connectivity index is 2.44. The molecule has 1 aromatic rings. The molecule has 0 radical (unpaired) electrons. The van der Waals surface area contributed by atoms with Gasteiger partial charge < -0.3 is 5.11 Å². The first kappa shape index (κ1) is 10.6. The molecule has 1 unspecified atom stereocenters. The zero-order chi connectivity index (χ0) is 9.84. The molecule has 0 aromatic carbocycles. The molecule has 0 aliphatic heterocycles. The van der Waals surface area contributed by atoms with Crippen LogP contribution in [0.15, 0.2) is 15.7 Å². The second kappa shape index (κ2) is 4.67. The average molecular weight is 216 g/mol. The number of hydrogen-bond donors (Lipinski definition) is 1. The monoisotopic (exact) mass is 216 g/mol. The molecule has 0 fully saturated rings. The van der Waals surface area contributed by atoms with Crippen LogP contribution in [0, 0.1) is 12.8 Å². The highest BCUT2D eigenvalue weighted by molar-refractivity contribution is 8.01. The number of carboxylic acid groups (broad SMARTS) is 1. The lowest BCUT2D eigenvalue weighted by Crippen LogP contribution is -2.11. The van der Waals surface area contributed by atoms with Crippen molar-refractivity contribution in [3.63, 3.8) is 0 Å². The summed E-state index contributed by atoms with van der Waals surface area (Å²) in [4.78, 5) is 10.5. The standard InChI is InChI=1S/C9H12O2S2/c1-6-3-4-12-9(6)13-5-7(2)8(10)11/h3-4,7H,5H2,1-2H3,(H,10,11). The number of hydrogen-bond acceptors (Lipinski definition) is 3. The fourth-order valence-electron chi connectivity index (χ4n) is 0.779. The van der Waals surface area contributed by atoms with Gasteiger partial charge in [0.1, 0.15) is 0 Å². The molecule has 0 bridgehead atoms. The maximum atomic E-state index is 10.5. The quantitative estimate of drug-likeness (QED) is 0.786. The molecule has 4 heteroatoms. The van der Waals surface area contributed by atoms with Gasteiger partial charge in [-0.3, -0.25) is 4.79 Å². The highest BCUT2D eigenvalue weighted by Gasteiger charge is 2.11. The van der Waals surface area contributed by atoms with Crippen LogP contribution in [0.4, 0.5) is 0 Å². The van der Waals surface area contributed by atoms with E-state index < -0.39 is 5.97 Å². The zero-order valence-corrected chi connectivity index (χ0v) is 9.24. The molecule has 2 nitrogen and oxygen atoms in total. The molecular formula is C9H12O2S2. The predicted octanol–water partition coefficient (Wildman–Crippen LogP) is 2.87. The molecule has 1 rings (SSSR count). The third-order valence-electron chi connectivity index (χ3n) is 1.70. The maximum Gasteiger partial charge on any atom is 0.307 e. The summed E-state index contributed by atoms with van der Waals surface area (Å²) in [5.41, 5.74) is 1.24. The van der Waals surface area contributed by atoms with Crippen LogP contribution >= 0.6 is 23.1 Å². The van der Waals surface area contributed by atoms with Crippen molar-refractivity contribution in [2.45, 2.75) is 18.1 Å². The molecule has 0 aliphatic carbocycles. The van der Waals surface area contributed by atoms with E-state index in [1.54, 1.807) is 30.0 Å². The van der Waals surface area contributed by atoms with Gasteiger partial charge in [0.2, 0.25) is 0 Å². The number of carboxylic acids is 1. The largest absolute Gasteiger partial charge is 0.481 e. The van der Waals surface area contributed by atoms with Gasteiger partial charge in [0.25, 0.3) is 0 Å². The van der Waals surface area contributed by atoms with Gasteiger partial charge in [-0.05, 0) is 23.9 Å². The van der Waals surface area contributed by atoms with Gasteiger partial charge in [0.15, 0.2) is 0 Å². The molecule has 1 aromatic heterocycles. The molecule has 0 saturated heterocycles. The van der Waals surface area contributed by atoms with Crippen molar-refractivity contribution in [2.75, 3.05) is 5.75 Å². The summed E-state index contributed by atoms with van der Waals surface area (Å²) in [5, 5.41) is 10.7. The van der Waals surface area contributed by atoms with Crippen LogP contribution in [0.25, 0.3) is 0 Å². The van der Waals surface area contributed by atoms with Gasteiger partial charge in [-0.1, -0.05) is 6.92 Å². The van der Waals surface area contributed by atoms with Gasteiger partial charge in [0.05, 0.1) is 10.1 Å². The molecule has 72 valence electrons. The summed E-state index contributed by atoms with van der Waals surface area (Å²) in [6, 6.07) is 2.05. The van der Waals surface area contributed by atoms with Crippen LogP contribution in [0.5, 0.6) is 0 Å². The summed E-state index contributed by atoms with van der Waals surface area (Å²) < 4.78 is 1.23. The fraction of sp³-hybridized carbons (Fsp3) is 0.444. The van der Waals surface area contributed by atoms with Crippen LogP contribution in [0.2, 0.25) is 0 Å². The smallest absolute Gasteiger partial charge is 0.307 e. The highest BCUT2D eigenvalue weighted by Crippen LogP contribution is 2.29. The first-order valence-corrected chi connectivity index (χ1v) is 5.87. The molecule has 1 atom stereocenters. The summed E-state index contributed by atoms with van der Waals surface area (Å²) in [6.07, 6.45) is 0. The lowest BCUT2D eigenvalue weighted by Gasteiger charge is -2.04. The van der Waals surface area contributed by atoms with Crippen molar-refractivity contribution in [3.05, 3.63) is 17.0 Å². The van der Waals surface area contributed by atoms with Crippen molar-refractivity contribution >= 4 is 29.1 Å². The van der Waals surface area contributed by atoms with Crippen LogP contribution < -0.4 is 0 Å². The van der Waals surface area contributed by atoms with E-state index >= 15 is 0 Å². The molecule has 13 heavy (non-hydrogen) atoms. The second-order valence-corrected chi connectivity index (χ2v) is 5.15. The minimum absolute atomic E-state index is 0.272. The number of aryl methyl sites for hydroxylation is 1. The first-order chi connectivity index (χ1) is 6.11. The third-order valence-corrected chi connectivity index (χ3v) is 4.40. The van der Waals surface area contributed by atoms with Crippen LogP contribution in [0.3, 0.4) is 0 Å². The molecule has 0 spiro atoms. The summed E-state index contributed by atoms with van der Waals surface area (Å²) >= 11 is 3.30. The lowest BCUT2D eigenvalue weighted by molar-refractivity contribution is -0.140. The van der Waals surface area contributed by atoms with Crippen LogP contribution in [-0.2, 0) is 4.79 Å². The van der Waals surface area contributed by atoms with Crippen LogP contribution in [0.1, 0.15) is 12.5 Å². The van der Waals surface area contributed by atoms with E-state index in [1.165, 1.54) is 9.77 Å². The number of aliphatic carboxylic acids is 1. The Morgan fingerprint density at radius 3 is 2.92 bits per heavy atom.